The lowest BCUT2D eigenvalue weighted by molar-refractivity contribution is 0.104. The first-order valence-electron chi connectivity index (χ1n) is 5.64. The Morgan fingerprint density at radius 2 is 1.94 bits per heavy atom. The molecular weight excluding hydrogens is 356 g/mol. The van der Waals surface area contributed by atoms with Crippen LogP contribution in [0.5, 0.6) is 0 Å². The van der Waals surface area contributed by atoms with Gasteiger partial charge >= 0.3 is 0 Å². The van der Waals surface area contributed by atoms with Gasteiger partial charge in [-0.2, -0.15) is 0 Å². The maximum absolute atomic E-state index is 11.9. The molecular formula is C15H12Br2O. The third-order valence-electron chi connectivity index (χ3n) is 2.72. The minimum absolute atomic E-state index is 0.0365. The van der Waals surface area contributed by atoms with Gasteiger partial charge in [-0.25, -0.2) is 0 Å². The van der Waals surface area contributed by atoms with Crippen molar-refractivity contribution in [3.63, 3.8) is 0 Å². The molecule has 1 nitrogen and oxygen atoms in total. The molecule has 0 N–H and O–H groups in total. The Labute approximate surface area is 124 Å². The minimum atomic E-state index is 0.0365. The monoisotopic (exact) mass is 366 g/mol. The predicted molar refractivity (Wildman–Crippen MR) is 82.3 cm³/mol. The number of alkyl halides is 1. The van der Waals surface area contributed by atoms with E-state index >= 15 is 0 Å². The van der Waals surface area contributed by atoms with Gasteiger partial charge in [0.25, 0.3) is 0 Å². The number of rotatable bonds is 3. The molecule has 2 atom stereocenters. The van der Waals surface area contributed by atoms with Crippen molar-refractivity contribution in [2.24, 2.45) is 5.92 Å². The van der Waals surface area contributed by atoms with Crippen molar-refractivity contribution in [2.45, 2.75) is 4.83 Å². The Morgan fingerprint density at radius 1 is 1.22 bits per heavy atom. The molecule has 0 heterocycles. The van der Waals surface area contributed by atoms with Crippen LogP contribution in [0.1, 0.15) is 10.4 Å². The Morgan fingerprint density at radius 3 is 2.67 bits per heavy atom. The molecule has 0 amide bonds. The standard InChI is InChI=1S/C15H12Br2O/c16-13-8-4-7-12(15(13)17)9-10-14(18)11-5-2-1-3-6-11/h1-10,12,15H. The summed E-state index contributed by atoms with van der Waals surface area (Å²) in [4.78, 5) is 12.1. The summed E-state index contributed by atoms with van der Waals surface area (Å²) in [7, 11) is 0. The van der Waals surface area contributed by atoms with E-state index in [-0.39, 0.29) is 16.5 Å². The van der Waals surface area contributed by atoms with Crippen LogP contribution in [0.25, 0.3) is 0 Å². The van der Waals surface area contributed by atoms with E-state index < -0.39 is 0 Å². The molecule has 1 aliphatic carbocycles. The van der Waals surface area contributed by atoms with Crippen molar-refractivity contribution in [3.8, 4) is 0 Å². The number of ketones is 1. The SMILES string of the molecule is O=C(C=CC1C=CC=C(Br)C1Br)c1ccccc1. The third-order valence-corrected chi connectivity index (χ3v) is 5.19. The van der Waals surface area contributed by atoms with E-state index in [1.807, 2.05) is 48.6 Å². The molecule has 0 saturated heterocycles. The predicted octanol–water partition coefficient (Wildman–Crippen LogP) is 4.65. The van der Waals surface area contributed by atoms with E-state index in [0.717, 1.165) is 4.48 Å². The van der Waals surface area contributed by atoms with Crippen molar-refractivity contribution >= 4 is 37.6 Å². The fraction of sp³-hybridized carbons (Fsp3) is 0.133. The summed E-state index contributed by atoms with van der Waals surface area (Å²) in [5.74, 6) is 0.228. The van der Waals surface area contributed by atoms with Gasteiger partial charge in [-0.05, 0) is 6.08 Å². The third kappa shape index (κ3) is 3.30. The molecule has 18 heavy (non-hydrogen) atoms. The Bertz CT molecular complexity index is 515. The van der Waals surface area contributed by atoms with Crippen LogP contribution in [0.2, 0.25) is 0 Å². The lowest BCUT2D eigenvalue weighted by Crippen LogP contribution is -2.12. The highest BCUT2D eigenvalue weighted by atomic mass is 79.9. The molecule has 0 spiro atoms. The van der Waals surface area contributed by atoms with Crippen LogP contribution in [0.4, 0.5) is 0 Å². The number of halogens is 2. The summed E-state index contributed by atoms with van der Waals surface area (Å²) in [5.41, 5.74) is 0.717. The second-order valence-electron chi connectivity index (χ2n) is 4.00. The maximum atomic E-state index is 11.9. The highest BCUT2D eigenvalue weighted by Gasteiger charge is 2.18. The second kappa shape index (κ2) is 6.30. The van der Waals surface area contributed by atoms with Gasteiger partial charge in [0, 0.05) is 16.0 Å². The van der Waals surface area contributed by atoms with Crippen molar-refractivity contribution in [3.05, 3.63) is 70.8 Å². The molecule has 92 valence electrons. The fourth-order valence-electron chi connectivity index (χ4n) is 1.71. The second-order valence-corrected chi connectivity index (χ2v) is 5.91. The summed E-state index contributed by atoms with van der Waals surface area (Å²) in [6.07, 6.45) is 9.63. The van der Waals surface area contributed by atoms with Gasteiger partial charge in [0.05, 0.1) is 4.83 Å². The number of allylic oxidation sites excluding steroid dienone is 6. The van der Waals surface area contributed by atoms with Crippen molar-refractivity contribution in [1.82, 2.24) is 0 Å². The molecule has 1 aliphatic rings. The van der Waals surface area contributed by atoms with Gasteiger partial charge in [0.15, 0.2) is 5.78 Å². The van der Waals surface area contributed by atoms with E-state index in [2.05, 4.69) is 37.9 Å². The minimum Gasteiger partial charge on any atom is -0.289 e. The number of carbonyl (C=O) groups excluding carboxylic acids is 1. The topological polar surface area (TPSA) is 17.1 Å². The molecule has 1 aromatic rings. The first-order chi connectivity index (χ1) is 8.68. The van der Waals surface area contributed by atoms with Gasteiger partial charge in [0.2, 0.25) is 0 Å². The van der Waals surface area contributed by atoms with Crippen molar-refractivity contribution < 1.29 is 4.79 Å². The molecule has 3 heteroatoms. The van der Waals surface area contributed by atoms with Crippen LogP contribution < -0.4 is 0 Å². The van der Waals surface area contributed by atoms with E-state index in [9.17, 15) is 4.79 Å². The number of hydrogen-bond donors (Lipinski definition) is 0. The molecule has 0 radical (unpaired) electrons. The van der Waals surface area contributed by atoms with Gasteiger partial charge in [-0.15, -0.1) is 0 Å². The summed E-state index contributed by atoms with van der Waals surface area (Å²) >= 11 is 7.09. The van der Waals surface area contributed by atoms with E-state index in [1.54, 1.807) is 6.08 Å². The zero-order valence-electron chi connectivity index (χ0n) is 9.59. The zero-order chi connectivity index (χ0) is 13.0. The Balaban J connectivity index is 2.06. The smallest absolute Gasteiger partial charge is 0.185 e. The highest BCUT2D eigenvalue weighted by Crippen LogP contribution is 2.31. The molecule has 0 aromatic heterocycles. The van der Waals surface area contributed by atoms with Crippen LogP contribution in [-0.2, 0) is 0 Å². The first-order valence-corrected chi connectivity index (χ1v) is 7.35. The normalized spacial score (nSPS) is 23.1. The van der Waals surface area contributed by atoms with Crippen molar-refractivity contribution in [2.75, 3.05) is 0 Å². The van der Waals surface area contributed by atoms with E-state index in [0.29, 0.717) is 5.56 Å². The van der Waals surface area contributed by atoms with E-state index in [4.69, 9.17) is 0 Å². The molecule has 0 saturated carbocycles. The summed E-state index contributed by atoms with van der Waals surface area (Å²) in [6, 6.07) is 9.29. The fourth-order valence-corrected chi connectivity index (χ4v) is 2.67. The van der Waals surface area contributed by atoms with Gasteiger partial charge in [-0.1, -0.05) is 86.5 Å². The average molecular weight is 368 g/mol. The Hall–Kier alpha value is -0.930. The Kier molecular flexibility index (Phi) is 4.72. The van der Waals surface area contributed by atoms with E-state index in [1.165, 1.54) is 0 Å². The largest absolute Gasteiger partial charge is 0.289 e. The zero-order valence-corrected chi connectivity index (χ0v) is 12.8. The molecule has 2 unspecified atom stereocenters. The van der Waals surface area contributed by atoms with Crippen LogP contribution in [-0.4, -0.2) is 10.6 Å². The van der Waals surface area contributed by atoms with Gasteiger partial charge in [-0.3, -0.25) is 4.79 Å². The summed E-state index contributed by atoms with van der Waals surface area (Å²) in [5, 5.41) is 0. The lowest BCUT2D eigenvalue weighted by Gasteiger charge is -2.18. The summed E-state index contributed by atoms with van der Waals surface area (Å²) in [6.45, 7) is 0. The van der Waals surface area contributed by atoms with Crippen molar-refractivity contribution in [1.29, 1.82) is 0 Å². The summed E-state index contributed by atoms with van der Waals surface area (Å²) < 4.78 is 1.09. The molecule has 2 rings (SSSR count). The molecule has 1 aromatic carbocycles. The molecule has 0 fully saturated rings. The number of carbonyl (C=O) groups is 1. The van der Waals surface area contributed by atoms with Gasteiger partial charge in [0.1, 0.15) is 0 Å². The van der Waals surface area contributed by atoms with Crippen LogP contribution in [0.3, 0.4) is 0 Å². The lowest BCUT2D eigenvalue weighted by atomic mass is 9.99. The van der Waals surface area contributed by atoms with Gasteiger partial charge < -0.3 is 0 Å². The van der Waals surface area contributed by atoms with Crippen LogP contribution in [0.15, 0.2) is 65.2 Å². The molecule has 0 aliphatic heterocycles. The van der Waals surface area contributed by atoms with Crippen LogP contribution >= 0.6 is 31.9 Å². The quantitative estimate of drug-likeness (QED) is 0.431. The number of hydrogen-bond acceptors (Lipinski definition) is 1. The number of benzene rings is 1. The highest BCUT2D eigenvalue weighted by molar-refractivity contribution is 9.14. The first kappa shape index (κ1) is 13.5. The average Bonchev–Trinajstić information content (AvgIpc) is 2.41. The maximum Gasteiger partial charge on any atom is 0.185 e. The van der Waals surface area contributed by atoms with Crippen LogP contribution in [0, 0.1) is 5.92 Å². The molecule has 0 bridgehead atoms.